The van der Waals surface area contributed by atoms with Crippen molar-refractivity contribution in [2.45, 2.75) is 65.1 Å². The molecule has 160 valence electrons. The number of benzene rings is 1. The molecule has 0 saturated heterocycles. The van der Waals surface area contributed by atoms with Crippen LogP contribution in [0.5, 0.6) is 11.8 Å². The highest BCUT2D eigenvalue weighted by molar-refractivity contribution is 6.35. The van der Waals surface area contributed by atoms with E-state index in [1.54, 1.807) is 13.0 Å². The van der Waals surface area contributed by atoms with Crippen molar-refractivity contribution in [3.05, 3.63) is 17.2 Å². The zero-order valence-electron chi connectivity index (χ0n) is 17.7. The zero-order valence-corrected chi connectivity index (χ0v) is 18.5. The van der Waals surface area contributed by atoms with Gasteiger partial charge in [-0.3, -0.25) is 4.57 Å². The van der Waals surface area contributed by atoms with E-state index >= 15 is 0 Å². The van der Waals surface area contributed by atoms with E-state index in [1.165, 1.54) is 0 Å². The van der Waals surface area contributed by atoms with Crippen LogP contribution in [0.3, 0.4) is 0 Å². The van der Waals surface area contributed by atoms with Crippen LogP contribution in [0.4, 0.5) is 0 Å². The Bertz CT molecular complexity index is 843. The van der Waals surface area contributed by atoms with Crippen molar-refractivity contribution in [1.29, 1.82) is 0 Å². The molecule has 0 unspecified atom stereocenters. The van der Waals surface area contributed by atoms with Gasteiger partial charge in [0.2, 0.25) is 0 Å². The fraction of sp³-hybridized carbons (Fsp3) is 0.636. The maximum absolute atomic E-state index is 11.2. The molecule has 1 heterocycles. The lowest BCUT2D eigenvalue weighted by Crippen LogP contribution is -2.30. The molecule has 6 nitrogen and oxygen atoms in total. The van der Waals surface area contributed by atoms with E-state index in [0.29, 0.717) is 30.7 Å². The van der Waals surface area contributed by atoms with Crippen LogP contribution in [-0.4, -0.2) is 40.8 Å². The Morgan fingerprint density at radius 3 is 2.62 bits per heavy atom. The molecule has 3 rings (SSSR count). The van der Waals surface area contributed by atoms with Gasteiger partial charge in [-0.15, -0.1) is 0 Å². The molecule has 0 amide bonds. The second-order valence-electron chi connectivity index (χ2n) is 8.02. The maximum atomic E-state index is 11.2. The maximum Gasteiger partial charge on any atom is 0.297 e. The average molecular weight is 423 g/mol. The Morgan fingerprint density at radius 2 is 1.97 bits per heavy atom. The highest BCUT2D eigenvalue weighted by Gasteiger charge is 2.25. The molecular formula is C22H31ClN2O4. The first-order valence-electron chi connectivity index (χ1n) is 10.4. The van der Waals surface area contributed by atoms with Crippen LogP contribution in [0.1, 0.15) is 52.9 Å². The Balaban J connectivity index is 1.56. The molecule has 0 radical (unpaired) electrons. The number of rotatable bonds is 9. The van der Waals surface area contributed by atoms with Crippen molar-refractivity contribution in [2.75, 3.05) is 13.2 Å². The van der Waals surface area contributed by atoms with Crippen molar-refractivity contribution in [1.82, 2.24) is 9.55 Å². The summed E-state index contributed by atoms with van der Waals surface area (Å²) in [7, 11) is 1.93. The number of carbonyl (C=O) groups excluding carboxylic acids is 1. The van der Waals surface area contributed by atoms with E-state index in [-0.39, 0.29) is 23.9 Å². The fourth-order valence-electron chi connectivity index (χ4n) is 3.87. The largest absolute Gasteiger partial charge is 0.494 e. The lowest BCUT2D eigenvalue weighted by Gasteiger charge is -2.29. The predicted molar refractivity (Wildman–Crippen MR) is 114 cm³/mol. The van der Waals surface area contributed by atoms with Crippen LogP contribution < -0.4 is 9.47 Å². The molecule has 0 aliphatic heterocycles. The second kappa shape index (κ2) is 9.81. The molecule has 0 spiro atoms. The predicted octanol–water partition coefficient (Wildman–Crippen LogP) is 4.95. The molecule has 7 heteroatoms. The minimum absolute atomic E-state index is 0.116. The van der Waals surface area contributed by atoms with E-state index in [9.17, 15) is 4.79 Å². The summed E-state index contributed by atoms with van der Waals surface area (Å²) in [5, 5.41) is 0.563. The van der Waals surface area contributed by atoms with Gasteiger partial charge in [-0.05, 0) is 45.4 Å². The summed E-state index contributed by atoms with van der Waals surface area (Å²) in [5.41, 5.74) is 1.62. The first-order valence-corrected chi connectivity index (χ1v) is 10.8. The van der Waals surface area contributed by atoms with Gasteiger partial charge >= 0.3 is 0 Å². The Hall–Kier alpha value is -1.79. The minimum Gasteiger partial charge on any atom is -0.494 e. The smallest absolute Gasteiger partial charge is 0.297 e. The Kier molecular flexibility index (Phi) is 7.41. The number of carbonyl (C=O) groups is 1. The van der Waals surface area contributed by atoms with Gasteiger partial charge in [0.25, 0.3) is 6.01 Å². The second-order valence-corrected chi connectivity index (χ2v) is 8.43. The minimum atomic E-state index is 0.116. The summed E-state index contributed by atoms with van der Waals surface area (Å²) in [5.74, 6) is 1.22. The quantitative estimate of drug-likeness (QED) is 0.572. The van der Waals surface area contributed by atoms with Crippen LogP contribution in [0.25, 0.3) is 11.0 Å². The zero-order chi connectivity index (χ0) is 21.0. The summed E-state index contributed by atoms with van der Waals surface area (Å²) in [6, 6.07) is 4.31. The molecule has 1 aromatic carbocycles. The molecule has 1 fully saturated rings. The van der Waals surface area contributed by atoms with E-state index < -0.39 is 0 Å². The standard InChI is InChI=1S/C22H31ClN2O4/c1-5-27-18-11-19(23)21-20(12-18)25(4)22(24-21)29-17-8-6-16(7-9-17)28-13-14(2)10-15(3)26/h11-12,14,16-17H,5-10,13H2,1-4H3/t14-,16?,17?/m1/s1. The lowest BCUT2D eigenvalue weighted by atomic mass is 9.95. The van der Waals surface area contributed by atoms with Crippen molar-refractivity contribution in [3.8, 4) is 11.8 Å². The van der Waals surface area contributed by atoms with Gasteiger partial charge in [-0.1, -0.05) is 18.5 Å². The number of halogens is 1. The van der Waals surface area contributed by atoms with Gasteiger partial charge in [0.05, 0.1) is 23.3 Å². The van der Waals surface area contributed by atoms with Crippen molar-refractivity contribution >= 4 is 28.4 Å². The monoisotopic (exact) mass is 422 g/mol. The fourth-order valence-corrected chi connectivity index (χ4v) is 4.12. The molecule has 1 aliphatic carbocycles. The van der Waals surface area contributed by atoms with Crippen LogP contribution in [0, 0.1) is 5.92 Å². The Labute approximate surface area is 177 Å². The summed E-state index contributed by atoms with van der Waals surface area (Å²) in [6.45, 7) is 6.86. The number of ketones is 1. The third kappa shape index (κ3) is 5.64. The number of Topliss-reactive ketones (excluding diaryl/α,β-unsaturated/α-hetero) is 1. The number of nitrogens with zero attached hydrogens (tertiary/aromatic N) is 2. The lowest BCUT2D eigenvalue weighted by molar-refractivity contribution is -0.118. The number of fused-ring (bicyclic) bond motifs is 1. The normalized spacial score (nSPS) is 20.6. The number of ether oxygens (including phenoxy) is 3. The van der Waals surface area contributed by atoms with Crippen LogP contribution >= 0.6 is 11.6 Å². The van der Waals surface area contributed by atoms with Crippen molar-refractivity contribution in [2.24, 2.45) is 13.0 Å². The molecule has 1 atom stereocenters. The topological polar surface area (TPSA) is 62.6 Å². The first kappa shape index (κ1) is 21.9. The molecule has 0 bridgehead atoms. The molecular weight excluding hydrogens is 392 g/mol. The highest BCUT2D eigenvalue weighted by atomic mass is 35.5. The average Bonchev–Trinajstić information content (AvgIpc) is 2.98. The summed E-state index contributed by atoms with van der Waals surface area (Å²) < 4.78 is 19.7. The van der Waals surface area contributed by atoms with Crippen molar-refractivity contribution in [3.63, 3.8) is 0 Å². The highest BCUT2D eigenvalue weighted by Crippen LogP contribution is 2.33. The molecule has 1 saturated carbocycles. The van der Waals surface area contributed by atoms with Gasteiger partial charge in [0.15, 0.2) is 0 Å². The van der Waals surface area contributed by atoms with Gasteiger partial charge in [0, 0.05) is 32.2 Å². The molecule has 29 heavy (non-hydrogen) atoms. The number of imidazole rings is 1. The van der Waals surface area contributed by atoms with Crippen molar-refractivity contribution < 1.29 is 19.0 Å². The summed E-state index contributed by atoms with van der Waals surface area (Å²) >= 11 is 6.39. The molecule has 1 aliphatic rings. The molecule has 2 aromatic rings. The first-order chi connectivity index (χ1) is 13.9. The number of aryl methyl sites for hydroxylation is 1. The van der Waals surface area contributed by atoms with Gasteiger partial charge in [0.1, 0.15) is 23.2 Å². The third-order valence-electron chi connectivity index (χ3n) is 5.33. The van der Waals surface area contributed by atoms with Gasteiger partial charge in [-0.2, -0.15) is 4.98 Å². The number of hydrogen-bond donors (Lipinski definition) is 0. The van der Waals surface area contributed by atoms with Crippen LogP contribution in [0.2, 0.25) is 5.02 Å². The van der Waals surface area contributed by atoms with E-state index in [0.717, 1.165) is 42.5 Å². The van der Waals surface area contributed by atoms with Crippen LogP contribution in [-0.2, 0) is 16.6 Å². The van der Waals surface area contributed by atoms with Crippen LogP contribution in [0.15, 0.2) is 12.1 Å². The number of hydrogen-bond acceptors (Lipinski definition) is 5. The van der Waals surface area contributed by atoms with E-state index in [1.807, 2.05) is 24.6 Å². The van der Waals surface area contributed by atoms with Gasteiger partial charge in [-0.25, -0.2) is 0 Å². The van der Waals surface area contributed by atoms with E-state index in [2.05, 4.69) is 11.9 Å². The Morgan fingerprint density at radius 1 is 1.28 bits per heavy atom. The molecule has 1 aromatic heterocycles. The summed E-state index contributed by atoms with van der Waals surface area (Å²) in [4.78, 5) is 15.8. The van der Waals surface area contributed by atoms with E-state index in [4.69, 9.17) is 25.8 Å². The number of aromatic nitrogens is 2. The van der Waals surface area contributed by atoms with Gasteiger partial charge < -0.3 is 19.0 Å². The SMILES string of the molecule is CCOc1cc(Cl)c2nc(OC3CCC(OC[C@H](C)CC(C)=O)CC3)n(C)c2c1. The summed E-state index contributed by atoms with van der Waals surface area (Å²) in [6.07, 6.45) is 4.70. The third-order valence-corrected chi connectivity index (χ3v) is 5.62. The molecule has 0 N–H and O–H groups in total.